The Morgan fingerprint density at radius 2 is 2.06 bits per heavy atom. The van der Waals surface area contributed by atoms with Gasteiger partial charge in [-0.05, 0) is 31.2 Å². The van der Waals surface area contributed by atoms with Gasteiger partial charge in [0.2, 0.25) is 0 Å². The van der Waals surface area contributed by atoms with E-state index in [0.29, 0.717) is 18.1 Å². The highest BCUT2D eigenvalue weighted by molar-refractivity contribution is 8.01. The predicted molar refractivity (Wildman–Crippen MR) is 67.7 cm³/mol. The number of Topliss-reactive ketones (excluding diaryl/α,β-unsaturated/α-hetero) is 1. The molecule has 3 aliphatic rings. The third kappa shape index (κ3) is 1.40. The maximum atomic E-state index is 12.2. The number of likely N-dealkylation sites (N-methyl/N-ethyl adjacent to an activating group) is 1. The molecule has 90 valence electrons. The van der Waals surface area contributed by atoms with E-state index in [2.05, 4.69) is 23.6 Å². The number of ketones is 1. The molecule has 0 saturated carbocycles. The van der Waals surface area contributed by atoms with Crippen LogP contribution in [0.3, 0.4) is 0 Å². The molecule has 3 heteroatoms. The van der Waals surface area contributed by atoms with Crippen LogP contribution < -0.4 is 0 Å². The van der Waals surface area contributed by atoms with Crippen molar-refractivity contribution in [2.24, 2.45) is 11.8 Å². The summed E-state index contributed by atoms with van der Waals surface area (Å²) in [4.78, 5) is 14.6. The highest BCUT2D eigenvalue weighted by atomic mass is 32.2. The number of carbonyl (C=O) groups excluding carboxylic acids is 1. The van der Waals surface area contributed by atoms with Crippen molar-refractivity contribution in [1.29, 1.82) is 0 Å². The molecule has 16 heavy (non-hydrogen) atoms. The van der Waals surface area contributed by atoms with Crippen LogP contribution in [0.5, 0.6) is 0 Å². The zero-order chi connectivity index (χ0) is 11.3. The number of nitrogens with zero attached hydrogens (tertiary/aromatic N) is 1. The Morgan fingerprint density at radius 3 is 2.75 bits per heavy atom. The van der Waals surface area contributed by atoms with Gasteiger partial charge in [0.15, 0.2) is 0 Å². The van der Waals surface area contributed by atoms with Gasteiger partial charge < -0.3 is 0 Å². The lowest BCUT2D eigenvalue weighted by molar-refractivity contribution is -0.124. The van der Waals surface area contributed by atoms with E-state index < -0.39 is 0 Å². The topological polar surface area (TPSA) is 20.3 Å². The van der Waals surface area contributed by atoms with Crippen molar-refractivity contribution < 1.29 is 4.79 Å². The van der Waals surface area contributed by atoms with Crippen LogP contribution in [-0.4, -0.2) is 40.3 Å². The Hall–Kier alpha value is -0.0200. The number of thioether (sulfide) groups is 1. The molecule has 3 saturated heterocycles. The fourth-order valence-electron chi connectivity index (χ4n) is 4.07. The predicted octanol–water partition coefficient (Wildman–Crippen LogP) is 2.18. The van der Waals surface area contributed by atoms with Crippen LogP contribution in [-0.2, 0) is 4.79 Å². The molecule has 0 aliphatic carbocycles. The van der Waals surface area contributed by atoms with Gasteiger partial charge in [-0.1, -0.05) is 13.8 Å². The Balaban J connectivity index is 1.86. The van der Waals surface area contributed by atoms with E-state index >= 15 is 0 Å². The van der Waals surface area contributed by atoms with Crippen molar-refractivity contribution in [3.8, 4) is 0 Å². The molecule has 5 atom stereocenters. The summed E-state index contributed by atoms with van der Waals surface area (Å²) in [6.45, 7) is 6.45. The largest absolute Gasteiger partial charge is 0.298 e. The summed E-state index contributed by atoms with van der Waals surface area (Å²) < 4.78 is 0. The van der Waals surface area contributed by atoms with Gasteiger partial charge in [-0.2, -0.15) is 11.8 Å². The number of hydrogen-bond acceptors (Lipinski definition) is 3. The van der Waals surface area contributed by atoms with Gasteiger partial charge in [0, 0.05) is 23.5 Å². The van der Waals surface area contributed by atoms with Crippen LogP contribution in [0.4, 0.5) is 0 Å². The molecular formula is C13H21NOS. The summed E-state index contributed by atoms with van der Waals surface area (Å²) in [6.07, 6.45) is 3.48. The molecule has 2 nitrogen and oxygen atoms in total. The van der Waals surface area contributed by atoms with Crippen LogP contribution in [0, 0.1) is 11.8 Å². The van der Waals surface area contributed by atoms with E-state index in [1.807, 2.05) is 6.92 Å². The molecule has 0 amide bonds. The molecule has 0 spiro atoms. The van der Waals surface area contributed by atoms with Crippen molar-refractivity contribution in [1.82, 2.24) is 4.90 Å². The van der Waals surface area contributed by atoms with Gasteiger partial charge >= 0.3 is 0 Å². The lowest BCUT2D eigenvalue weighted by Gasteiger charge is -2.28. The molecular weight excluding hydrogens is 218 g/mol. The summed E-state index contributed by atoms with van der Waals surface area (Å²) in [5.41, 5.74) is 0. The smallest absolute Gasteiger partial charge is 0.150 e. The molecule has 3 rings (SSSR count). The Kier molecular flexibility index (Phi) is 2.79. The van der Waals surface area contributed by atoms with Gasteiger partial charge in [-0.25, -0.2) is 0 Å². The van der Waals surface area contributed by atoms with Crippen LogP contribution in [0.15, 0.2) is 0 Å². The second kappa shape index (κ2) is 4.02. The minimum Gasteiger partial charge on any atom is -0.298 e. The fraction of sp³-hybridized carbons (Fsp3) is 0.923. The van der Waals surface area contributed by atoms with Crippen LogP contribution >= 0.6 is 11.8 Å². The van der Waals surface area contributed by atoms with Crippen molar-refractivity contribution in [2.75, 3.05) is 13.1 Å². The van der Waals surface area contributed by atoms with E-state index in [0.717, 1.165) is 23.0 Å². The molecule has 3 aliphatic heterocycles. The van der Waals surface area contributed by atoms with Crippen molar-refractivity contribution in [2.45, 2.75) is 49.7 Å². The lowest BCUT2D eigenvalue weighted by Crippen LogP contribution is -2.42. The van der Waals surface area contributed by atoms with E-state index in [-0.39, 0.29) is 6.04 Å². The first-order valence-electron chi connectivity index (χ1n) is 6.68. The molecule has 3 fully saturated rings. The SMILES string of the molecule is CCC(=O)C1C2C3CCC(S3)C2CN1CC. The first-order chi connectivity index (χ1) is 7.76. The van der Waals surface area contributed by atoms with Gasteiger partial charge in [0.25, 0.3) is 0 Å². The summed E-state index contributed by atoms with van der Waals surface area (Å²) in [7, 11) is 0. The molecule has 0 aromatic carbocycles. The lowest BCUT2D eigenvalue weighted by atomic mass is 9.77. The molecule has 0 aromatic rings. The maximum absolute atomic E-state index is 12.2. The highest BCUT2D eigenvalue weighted by Gasteiger charge is 2.57. The van der Waals surface area contributed by atoms with Crippen molar-refractivity contribution >= 4 is 17.5 Å². The van der Waals surface area contributed by atoms with E-state index in [4.69, 9.17) is 0 Å². The van der Waals surface area contributed by atoms with E-state index in [1.54, 1.807) is 0 Å². The van der Waals surface area contributed by atoms with Crippen LogP contribution in [0.2, 0.25) is 0 Å². The average Bonchev–Trinajstić information content (AvgIpc) is 2.97. The fourth-order valence-corrected chi connectivity index (χ4v) is 6.06. The van der Waals surface area contributed by atoms with E-state index in [9.17, 15) is 4.79 Å². The zero-order valence-electron chi connectivity index (χ0n) is 10.2. The number of carbonyl (C=O) groups is 1. The van der Waals surface area contributed by atoms with Crippen molar-refractivity contribution in [3.05, 3.63) is 0 Å². The molecule has 5 unspecified atom stereocenters. The number of rotatable bonds is 3. The third-order valence-electron chi connectivity index (χ3n) is 4.77. The average molecular weight is 239 g/mol. The van der Waals surface area contributed by atoms with Crippen LogP contribution in [0.25, 0.3) is 0 Å². The molecule has 0 radical (unpaired) electrons. The maximum Gasteiger partial charge on any atom is 0.150 e. The molecule has 0 aromatic heterocycles. The van der Waals surface area contributed by atoms with Crippen LogP contribution in [0.1, 0.15) is 33.1 Å². The van der Waals surface area contributed by atoms with E-state index in [1.165, 1.54) is 19.4 Å². The van der Waals surface area contributed by atoms with Gasteiger partial charge in [0.1, 0.15) is 5.78 Å². The molecule has 2 bridgehead atoms. The monoisotopic (exact) mass is 239 g/mol. The minimum absolute atomic E-state index is 0.266. The van der Waals surface area contributed by atoms with Crippen molar-refractivity contribution in [3.63, 3.8) is 0 Å². The first kappa shape index (κ1) is 11.1. The normalized spacial score (nSPS) is 46.2. The highest BCUT2D eigenvalue weighted by Crippen LogP contribution is 2.57. The molecule has 0 N–H and O–H groups in total. The van der Waals surface area contributed by atoms with Gasteiger partial charge in [-0.3, -0.25) is 9.69 Å². The number of likely N-dealkylation sites (tertiary alicyclic amines) is 1. The first-order valence-corrected chi connectivity index (χ1v) is 7.62. The summed E-state index contributed by atoms with van der Waals surface area (Å²) in [6, 6.07) is 0.266. The number of fused-ring (bicyclic) bond motifs is 5. The summed E-state index contributed by atoms with van der Waals surface area (Å²) >= 11 is 2.19. The summed E-state index contributed by atoms with van der Waals surface area (Å²) in [5, 5.41) is 1.67. The Labute approximate surface area is 102 Å². The standard InChI is InChI=1S/C13H21NOS/c1-3-9(15)13-12-8(7-14(13)4-2)10-5-6-11(12)16-10/h8,10-13H,3-7H2,1-2H3. The second-order valence-corrected chi connectivity index (χ2v) is 6.87. The second-order valence-electron chi connectivity index (χ2n) is 5.38. The quantitative estimate of drug-likeness (QED) is 0.753. The zero-order valence-corrected chi connectivity index (χ0v) is 11.0. The minimum atomic E-state index is 0.266. The summed E-state index contributed by atoms with van der Waals surface area (Å²) in [5.74, 6) is 2.00. The van der Waals surface area contributed by atoms with Gasteiger partial charge in [-0.15, -0.1) is 0 Å². The Morgan fingerprint density at radius 1 is 1.31 bits per heavy atom. The molecule has 3 heterocycles. The third-order valence-corrected chi connectivity index (χ3v) is 6.61. The Bertz CT molecular complexity index is 306. The van der Waals surface area contributed by atoms with Gasteiger partial charge in [0.05, 0.1) is 6.04 Å². The number of hydrogen-bond donors (Lipinski definition) is 0.